The Morgan fingerprint density at radius 2 is 2.00 bits per heavy atom. The van der Waals surface area contributed by atoms with E-state index < -0.39 is 10.9 Å². The number of carbonyl (C=O) groups excluding carboxylic acids is 1. The number of aryl methyl sites for hydroxylation is 1. The number of nitrogens with zero attached hydrogens (tertiary/aromatic N) is 1. The average molecular weight is 203 g/mol. The van der Waals surface area contributed by atoms with Crippen LogP contribution in [0.3, 0.4) is 0 Å². The Morgan fingerprint density at radius 3 is 2.43 bits per heavy atom. The first-order chi connectivity index (χ1) is 6.02. The first-order valence-corrected chi connectivity index (χ1v) is 3.49. The van der Waals surface area contributed by atoms with Gasteiger partial charge in [0.15, 0.2) is 0 Å². The molecule has 1 rings (SSSR count). The third-order valence-electron chi connectivity index (χ3n) is 1.64. The van der Waals surface area contributed by atoms with Gasteiger partial charge in [-0.05, 0) is 6.92 Å². The molecule has 0 amide bonds. The van der Waals surface area contributed by atoms with Gasteiger partial charge in [0.05, 0.1) is 10.9 Å². The Balaban J connectivity index is 0.00000169. The van der Waals surface area contributed by atoms with Crippen molar-refractivity contribution in [3.63, 3.8) is 0 Å². The van der Waals surface area contributed by atoms with Crippen LogP contribution in [0.15, 0.2) is 18.2 Å². The van der Waals surface area contributed by atoms with Crippen molar-refractivity contribution >= 4 is 11.7 Å². The number of nitro benzene ring substituents is 1. The zero-order chi connectivity index (χ0) is 10.0. The predicted molar refractivity (Wildman–Crippen MR) is 42.2 cm³/mol. The Hall–Kier alpha value is -0.910. The minimum atomic E-state index is -1.41. The maximum Gasteiger partial charge on any atom is 1.00 e. The van der Waals surface area contributed by atoms with Crippen LogP contribution < -0.4 is 34.7 Å². The number of hydrogen-bond donors (Lipinski definition) is 0. The zero-order valence-corrected chi connectivity index (χ0v) is 9.81. The van der Waals surface area contributed by atoms with Crippen molar-refractivity contribution < 1.29 is 44.4 Å². The second kappa shape index (κ2) is 5.09. The van der Waals surface area contributed by atoms with Crippen LogP contribution in [0.1, 0.15) is 15.9 Å². The molecule has 5 nitrogen and oxygen atoms in total. The summed E-state index contributed by atoms with van der Waals surface area (Å²) in [5, 5.41) is 20.7. The number of carbonyl (C=O) groups is 1. The Morgan fingerprint density at radius 1 is 1.43 bits per heavy atom. The molecule has 0 heterocycles. The van der Waals surface area contributed by atoms with E-state index in [0.717, 1.165) is 6.07 Å². The summed E-state index contributed by atoms with van der Waals surface area (Å²) in [6, 6.07) is 3.64. The minimum Gasteiger partial charge on any atom is -0.545 e. The maximum atomic E-state index is 10.4. The average Bonchev–Trinajstić information content (AvgIpc) is 2.04. The van der Waals surface area contributed by atoms with Crippen LogP contribution in [0.4, 0.5) is 5.69 Å². The van der Waals surface area contributed by atoms with Gasteiger partial charge < -0.3 is 9.90 Å². The number of rotatable bonds is 2. The van der Waals surface area contributed by atoms with Gasteiger partial charge in [-0.3, -0.25) is 10.1 Å². The molecule has 1 aromatic rings. The van der Waals surface area contributed by atoms with Gasteiger partial charge in [-0.15, -0.1) is 0 Å². The van der Waals surface area contributed by atoms with Crippen LogP contribution in [0.5, 0.6) is 0 Å². The van der Waals surface area contributed by atoms with E-state index in [1.54, 1.807) is 0 Å². The smallest absolute Gasteiger partial charge is 0.545 e. The van der Waals surface area contributed by atoms with Gasteiger partial charge in [-0.1, -0.05) is 12.1 Å². The summed E-state index contributed by atoms with van der Waals surface area (Å²) in [6.07, 6.45) is 0. The fourth-order valence-corrected chi connectivity index (χ4v) is 0.933. The quantitative estimate of drug-likeness (QED) is 0.297. The monoisotopic (exact) mass is 203 g/mol. The van der Waals surface area contributed by atoms with Crippen LogP contribution >= 0.6 is 0 Å². The molecule has 0 fully saturated rings. The number of aromatic carboxylic acids is 1. The molecule has 1 aromatic carbocycles. The maximum absolute atomic E-state index is 10.4. The fourth-order valence-electron chi connectivity index (χ4n) is 0.933. The first kappa shape index (κ1) is 13.1. The Bertz CT molecular complexity index is 378. The van der Waals surface area contributed by atoms with E-state index in [1.165, 1.54) is 19.1 Å². The normalized spacial score (nSPS) is 8.93. The Labute approximate surface area is 102 Å². The molecule has 68 valence electrons. The predicted octanol–water partition coefficient (Wildman–Crippen LogP) is -2.73. The summed E-state index contributed by atoms with van der Waals surface area (Å²) in [5.41, 5.74) is 0.0361. The number of hydrogen-bond acceptors (Lipinski definition) is 4. The molecule has 0 saturated carbocycles. The van der Waals surface area contributed by atoms with Gasteiger partial charge in [-0.25, -0.2) is 0 Å². The van der Waals surface area contributed by atoms with E-state index >= 15 is 0 Å². The fraction of sp³-hybridized carbons (Fsp3) is 0.125. The van der Waals surface area contributed by atoms with Gasteiger partial charge >= 0.3 is 29.6 Å². The molecule has 14 heavy (non-hydrogen) atoms. The molecule has 0 unspecified atom stereocenters. The molecule has 0 spiro atoms. The largest absolute Gasteiger partial charge is 1.00 e. The second-order valence-corrected chi connectivity index (χ2v) is 2.55. The van der Waals surface area contributed by atoms with Crippen LogP contribution in [-0.4, -0.2) is 10.9 Å². The van der Waals surface area contributed by atoms with Gasteiger partial charge in [0.1, 0.15) is 0 Å². The van der Waals surface area contributed by atoms with Gasteiger partial charge in [0.2, 0.25) is 0 Å². The number of carboxylic acid groups (broad SMARTS) is 1. The molecular formula is C8H6NNaO4. The van der Waals surface area contributed by atoms with Crippen molar-refractivity contribution in [3.05, 3.63) is 39.4 Å². The molecule has 0 aliphatic rings. The molecule has 6 heteroatoms. The van der Waals surface area contributed by atoms with Crippen molar-refractivity contribution in [2.45, 2.75) is 6.92 Å². The van der Waals surface area contributed by atoms with Crippen LogP contribution in [0, 0.1) is 17.0 Å². The molecule has 0 aliphatic heterocycles. The van der Waals surface area contributed by atoms with Crippen LogP contribution in [0.25, 0.3) is 0 Å². The zero-order valence-electron chi connectivity index (χ0n) is 7.81. The molecule has 0 N–H and O–H groups in total. The van der Waals surface area contributed by atoms with E-state index in [0.29, 0.717) is 5.56 Å². The van der Waals surface area contributed by atoms with Crippen molar-refractivity contribution in [1.82, 2.24) is 0 Å². The van der Waals surface area contributed by atoms with Crippen molar-refractivity contribution in [3.8, 4) is 0 Å². The third kappa shape index (κ3) is 2.80. The summed E-state index contributed by atoms with van der Waals surface area (Å²) < 4.78 is 0. The van der Waals surface area contributed by atoms with Crippen LogP contribution in [-0.2, 0) is 0 Å². The van der Waals surface area contributed by atoms with Crippen molar-refractivity contribution in [2.24, 2.45) is 0 Å². The standard InChI is InChI=1S/C8H7NO4.Na/c1-5-2-3-6(8(10)11)4-7(5)9(12)13;/h2-4H,1H3,(H,10,11);/q;+1/p-1. The molecular weight excluding hydrogens is 197 g/mol. The van der Waals surface area contributed by atoms with E-state index in [9.17, 15) is 20.0 Å². The van der Waals surface area contributed by atoms with Gasteiger partial charge in [0.25, 0.3) is 5.69 Å². The summed E-state index contributed by atoms with van der Waals surface area (Å²) in [7, 11) is 0. The van der Waals surface area contributed by atoms with Gasteiger partial charge in [-0.2, -0.15) is 0 Å². The van der Waals surface area contributed by atoms with E-state index in [1.807, 2.05) is 0 Å². The summed E-state index contributed by atoms with van der Waals surface area (Å²) in [5.74, 6) is -1.41. The molecule has 0 radical (unpaired) electrons. The second-order valence-electron chi connectivity index (χ2n) is 2.55. The molecule has 0 bridgehead atoms. The number of benzene rings is 1. The van der Waals surface area contributed by atoms with E-state index in [2.05, 4.69) is 0 Å². The summed E-state index contributed by atoms with van der Waals surface area (Å²) in [4.78, 5) is 20.1. The minimum absolute atomic E-state index is 0. The van der Waals surface area contributed by atoms with Crippen molar-refractivity contribution in [2.75, 3.05) is 0 Å². The van der Waals surface area contributed by atoms with Gasteiger partial charge in [0, 0.05) is 17.2 Å². The molecule has 0 saturated heterocycles. The van der Waals surface area contributed by atoms with E-state index in [4.69, 9.17) is 0 Å². The van der Waals surface area contributed by atoms with Crippen molar-refractivity contribution in [1.29, 1.82) is 0 Å². The van der Waals surface area contributed by atoms with Crippen LogP contribution in [0.2, 0.25) is 0 Å². The molecule has 0 aliphatic carbocycles. The topological polar surface area (TPSA) is 83.3 Å². The molecule has 0 atom stereocenters. The molecule has 0 aromatic heterocycles. The number of carboxylic acids is 1. The third-order valence-corrected chi connectivity index (χ3v) is 1.64. The Kier molecular flexibility index (Phi) is 4.76. The SMILES string of the molecule is Cc1ccc(C(=O)[O-])cc1[N+](=O)[O-].[Na+]. The first-order valence-electron chi connectivity index (χ1n) is 3.49. The van der Waals surface area contributed by atoms with E-state index in [-0.39, 0.29) is 40.8 Å². The summed E-state index contributed by atoms with van der Waals surface area (Å²) in [6.45, 7) is 1.54. The summed E-state index contributed by atoms with van der Waals surface area (Å²) >= 11 is 0. The number of nitro groups is 1.